The summed E-state index contributed by atoms with van der Waals surface area (Å²) in [6.07, 6.45) is 1.79. The molecule has 0 atom stereocenters. The Kier molecular flexibility index (Phi) is 3.32. The van der Waals surface area contributed by atoms with Gasteiger partial charge in [-0.05, 0) is 13.0 Å². The van der Waals surface area contributed by atoms with Gasteiger partial charge in [-0.15, -0.1) is 0 Å². The van der Waals surface area contributed by atoms with E-state index < -0.39 is 0 Å². The molecule has 0 aliphatic rings. The third kappa shape index (κ3) is 2.25. The molecule has 1 aromatic carbocycles. The van der Waals surface area contributed by atoms with E-state index in [0.717, 1.165) is 10.9 Å². The Morgan fingerprint density at radius 1 is 1.41 bits per heavy atom. The summed E-state index contributed by atoms with van der Waals surface area (Å²) in [6, 6.07) is 5.58. The zero-order valence-corrected chi connectivity index (χ0v) is 9.86. The summed E-state index contributed by atoms with van der Waals surface area (Å²) in [4.78, 5) is 11.4. The lowest BCUT2D eigenvalue weighted by molar-refractivity contribution is -0.142. The molecular formula is C13H14O4. The Balaban J connectivity index is 2.33. The maximum Gasteiger partial charge on any atom is 0.310 e. The van der Waals surface area contributed by atoms with Crippen LogP contribution >= 0.6 is 0 Å². The summed E-state index contributed by atoms with van der Waals surface area (Å²) in [5, 5.41) is 0.886. The Hall–Kier alpha value is -1.97. The van der Waals surface area contributed by atoms with Gasteiger partial charge in [-0.1, -0.05) is 12.1 Å². The molecule has 4 nitrogen and oxygen atoms in total. The first-order valence-electron chi connectivity index (χ1n) is 5.45. The van der Waals surface area contributed by atoms with Crippen molar-refractivity contribution >= 4 is 16.9 Å². The zero-order valence-electron chi connectivity index (χ0n) is 9.86. The number of furan rings is 1. The van der Waals surface area contributed by atoms with Crippen molar-refractivity contribution < 1.29 is 18.7 Å². The van der Waals surface area contributed by atoms with Gasteiger partial charge in [-0.2, -0.15) is 0 Å². The van der Waals surface area contributed by atoms with E-state index in [4.69, 9.17) is 13.9 Å². The van der Waals surface area contributed by atoms with E-state index >= 15 is 0 Å². The van der Waals surface area contributed by atoms with E-state index in [-0.39, 0.29) is 12.4 Å². The molecule has 1 heterocycles. The van der Waals surface area contributed by atoms with Crippen LogP contribution in [0.4, 0.5) is 0 Å². The number of methoxy groups -OCH3 is 1. The Morgan fingerprint density at radius 2 is 2.24 bits per heavy atom. The second-order valence-electron chi connectivity index (χ2n) is 3.58. The van der Waals surface area contributed by atoms with Gasteiger partial charge in [-0.25, -0.2) is 0 Å². The van der Waals surface area contributed by atoms with Crippen molar-refractivity contribution in [1.29, 1.82) is 0 Å². The molecule has 0 amide bonds. The van der Waals surface area contributed by atoms with Crippen molar-refractivity contribution in [1.82, 2.24) is 0 Å². The lowest BCUT2D eigenvalue weighted by atomic mass is 10.1. The second-order valence-corrected chi connectivity index (χ2v) is 3.58. The summed E-state index contributed by atoms with van der Waals surface area (Å²) in [5.74, 6) is 0.413. The van der Waals surface area contributed by atoms with Crippen molar-refractivity contribution in [2.45, 2.75) is 13.3 Å². The molecule has 0 saturated heterocycles. The summed E-state index contributed by atoms with van der Waals surface area (Å²) in [6.45, 7) is 2.17. The highest BCUT2D eigenvalue weighted by Crippen LogP contribution is 2.29. The molecule has 0 aliphatic carbocycles. The first kappa shape index (κ1) is 11.5. The van der Waals surface area contributed by atoms with Crippen LogP contribution in [0.25, 0.3) is 11.0 Å². The number of rotatable bonds is 4. The van der Waals surface area contributed by atoms with Crippen LogP contribution in [-0.4, -0.2) is 19.7 Å². The maximum absolute atomic E-state index is 11.4. The second kappa shape index (κ2) is 4.91. The topological polar surface area (TPSA) is 48.7 Å². The Morgan fingerprint density at radius 3 is 2.94 bits per heavy atom. The molecular weight excluding hydrogens is 220 g/mol. The molecule has 0 bridgehead atoms. The summed E-state index contributed by atoms with van der Waals surface area (Å²) < 4.78 is 15.5. The van der Waals surface area contributed by atoms with Crippen molar-refractivity contribution in [2.75, 3.05) is 13.7 Å². The minimum absolute atomic E-state index is 0.216. The number of esters is 1. The molecule has 2 rings (SSSR count). The number of carbonyl (C=O) groups is 1. The molecule has 17 heavy (non-hydrogen) atoms. The summed E-state index contributed by atoms with van der Waals surface area (Å²) in [5.41, 5.74) is 1.48. The normalized spacial score (nSPS) is 10.5. The van der Waals surface area contributed by atoms with Crippen LogP contribution in [0.15, 0.2) is 28.9 Å². The smallest absolute Gasteiger partial charge is 0.310 e. The number of hydrogen-bond donors (Lipinski definition) is 0. The third-order valence-corrected chi connectivity index (χ3v) is 2.50. The van der Waals surface area contributed by atoms with E-state index in [1.165, 1.54) is 0 Å². The predicted molar refractivity (Wildman–Crippen MR) is 63.1 cm³/mol. The van der Waals surface area contributed by atoms with Crippen LogP contribution in [0.1, 0.15) is 12.5 Å². The van der Waals surface area contributed by atoms with Gasteiger partial charge in [0.1, 0.15) is 0 Å². The summed E-state index contributed by atoms with van der Waals surface area (Å²) in [7, 11) is 1.59. The van der Waals surface area contributed by atoms with Gasteiger partial charge >= 0.3 is 5.97 Å². The first-order valence-corrected chi connectivity index (χ1v) is 5.45. The maximum atomic E-state index is 11.4. The van der Waals surface area contributed by atoms with Gasteiger partial charge in [0, 0.05) is 10.9 Å². The molecule has 0 fully saturated rings. The molecule has 0 N–H and O–H groups in total. The van der Waals surface area contributed by atoms with Crippen LogP contribution in [0.2, 0.25) is 0 Å². The predicted octanol–water partition coefficient (Wildman–Crippen LogP) is 2.55. The quantitative estimate of drug-likeness (QED) is 0.763. The van der Waals surface area contributed by atoms with Crippen molar-refractivity contribution in [3.63, 3.8) is 0 Å². The van der Waals surface area contributed by atoms with Crippen molar-refractivity contribution in [3.05, 3.63) is 30.0 Å². The zero-order chi connectivity index (χ0) is 12.3. The highest BCUT2D eigenvalue weighted by Gasteiger charge is 2.13. The number of fused-ring (bicyclic) bond motifs is 1. The monoisotopic (exact) mass is 234 g/mol. The molecule has 0 aliphatic heterocycles. The number of carbonyl (C=O) groups excluding carboxylic acids is 1. The van der Waals surface area contributed by atoms with Crippen LogP contribution in [0, 0.1) is 0 Å². The van der Waals surface area contributed by atoms with Gasteiger partial charge in [0.2, 0.25) is 0 Å². The van der Waals surface area contributed by atoms with E-state index in [1.807, 2.05) is 18.2 Å². The van der Waals surface area contributed by atoms with Crippen LogP contribution in [0.3, 0.4) is 0 Å². The molecule has 0 radical (unpaired) electrons. The SMILES string of the molecule is CCOC(=O)Cc1coc2c(OC)cccc12. The molecule has 90 valence electrons. The van der Waals surface area contributed by atoms with Gasteiger partial charge in [-0.3, -0.25) is 4.79 Å². The lowest BCUT2D eigenvalue weighted by Gasteiger charge is -2.01. The van der Waals surface area contributed by atoms with Gasteiger partial charge in [0.05, 0.1) is 26.4 Å². The van der Waals surface area contributed by atoms with E-state index in [9.17, 15) is 4.79 Å². The van der Waals surface area contributed by atoms with Crippen LogP contribution in [0.5, 0.6) is 5.75 Å². The minimum atomic E-state index is -0.252. The first-order chi connectivity index (χ1) is 8.26. The van der Waals surface area contributed by atoms with Gasteiger partial charge in [0.25, 0.3) is 0 Å². The fourth-order valence-corrected chi connectivity index (χ4v) is 1.75. The van der Waals surface area contributed by atoms with Crippen molar-refractivity contribution in [3.8, 4) is 5.75 Å². The number of hydrogen-bond acceptors (Lipinski definition) is 4. The van der Waals surface area contributed by atoms with Crippen LogP contribution in [-0.2, 0) is 16.0 Å². The third-order valence-electron chi connectivity index (χ3n) is 2.50. The minimum Gasteiger partial charge on any atom is -0.493 e. The Bertz CT molecular complexity index is 527. The van der Waals surface area contributed by atoms with Crippen molar-refractivity contribution in [2.24, 2.45) is 0 Å². The van der Waals surface area contributed by atoms with Crippen LogP contribution < -0.4 is 4.74 Å². The molecule has 0 spiro atoms. The number of ether oxygens (including phenoxy) is 2. The molecule has 2 aromatic rings. The number of benzene rings is 1. The van der Waals surface area contributed by atoms with E-state index in [2.05, 4.69) is 0 Å². The number of para-hydroxylation sites is 1. The highest BCUT2D eigenvalue weighted by molar-refractivity contribution is 5.89. The average molecular weight is 234 g/mol. The highest BCUT2D eigenvalue weighted by atomic mass is 16.5. The molecule has 1 aromatic heterocycles. The lowest BCUT2D eigenvalue weighted by Crippen LogP contribution is -2.06. The fraction of sp³-hybridized carbons (Fsp3) is 0.308. The van der Waals surface area contributed by atoms with E-state index in [0.29, 0.717) is 17.9 Å². The van der Waals surface area contributed by atoms with Gasteiger partial charge < -0.3 is 13.9 Å². The molecule has 0 unspecified atom stereocenters. The molecule has 4 heteroatoms. The van der Waals surface area contributed by atoms with E-state index in [1.54, 1.807) is 20.3 Å². The standard InChI is InChI=1S/C13H14O4/c1-3-16-12(14)7-9-8-17-13-10(9)5-4-6-11(13)15-2/h4-6,8H,3,7H2,1-2H3. The largest absolute Gasteiger partial charge is 0.493 e. The van der Waals surface area contributed by atoms with Gasteiger partial charge in [0.15, 0.2) is 11.3 Å². The molecule has 0 saturated carbocycles. The fourth-order valence-electron chi connectivity index (χ4n) is 1.75. The summed E-state index contributed by atoms with van der Waals surface area (Å²) >= 11 is 0. The Labute approximate surface area is 99.1 Å². The average Bonchev–Trinajstić information content (AvgIpc) is 2.73.